The number of benzene rings is 4. The molecule has 0 aromatic heterocycles. The number of carbonyl (C=O) groups excluding carboxylic acids is 2. The second-order valence-corrected chi connectivity index (χ2v) is 15.2. The first-order valence-corrected chi connectivity index (χ1v) is 19.6. The smallest absolute Gasteiger partial charge is 0.228 e. The van der Waals surface area contributed by atoms with Gasteiger partial charge in [0.2, 0.25) is 31.5 Å². The van der Waals surface area contributed by atoms with Crippen molar-refractivity contribution >= 4 is 54.5 Å². The molecule has 15 heteroatoms. The summed E-state index contributed by atoms with van der Waals surface area (Å²) in [6.45, 7) is 2.10. The number of amides is 2. The largest absolute Gasteiger partial charge is 0.490 e. The first-order valence-electron chi connectivity index (χ1n) is 16.1. The Hall–Kier alpha value is -4.47. The van der Waals surface area contributed by atoms with Crippen molar-refractivity contribution in [1.82, 2.24) is 5.32 Å². The van der Waals surface area contributed by atoms with Crippen LogP contribution in [0.25, 0.3) is 0 Å². The topological polar surface area (TPSA) is 165 Å². The van der Waals surface area contributed by atoms with Crippen LogP contribution in [0.3, 0.4) is 0 Å². The predicted octanol–water partition coefficient (Wildman–Crippen LogP) is 4.30. The molecule has 4 aromatic carbocycles. The molecule has 12 nitrogen and oxygen atoms in total. The Balaban J connectivity index is 0.000000218. The molecule has 0 unspecified atom stereocenters. The fourth-order valence-corrected chi connectivity index (χ4v) is 8.07. The lowest BCUT2D eigenvalue weighted by molar-refractivity contribution is -0.119. The van der Waals surface area contributed by atoms with Crippen molar-refractivity contribution in [2.75, 3.05) is 62.6 Å². The summed E-state index contributed by atoms with van der Waals surface area (Å²) in [7, 11) is -4.02. The lowest BCUT2D eigenvalue weighted by Gasteiger charge is -2.30. The van der Waals surface area contributed by atoms with Crippen molar-refractivity contribution < 1.29 is 35.9 Å². The second-order valence-electron chi connectivity index (χ2n) is 11.0. The van der Waals surface area contributed by atoms with E-state index in [4.69, 9.17) is 21.1 Å². The molecule has 0 aliphatic carbocycles. The first kappa shape index (κ1) is 39.3. The maximum Gasteiger partial charge on any atom is 0.228 e. The fraction of sp³-hybridized carbons (Fsp3) is 0.278. The summed E-state index contributed by atoms with van der Waals surface area (Å²) in [5.41, 5.74) is 5.47. The van der Waals surface area contributed by atoms with Gasteiger partial charge >= 0.3 is 0 Å². The molecule has 3 N–H and O–H groups in total. The summed E-state index contributed by atoms with van der Waals surface area (Å²) in [4.78, 5) is 28.5. The van der Waals surface area contributed by atoms with E-state index < -0.39 is 19.7 Å². The molecule has 0 radical (unpaired) electrons. The van der Waals surface area contributed by atoms with Gasteiger partial charge in [-0.15, -0.1) is 11.6 Å². The number of sulfone groups is 2. The highest BCUT2D eigenvalue weighted by atomic mass is 35.5. The number of carbonyl (C=O) groups is 2. The number of alkyl halides is 1. The van der Waals surface area contributed by atoms with E-state index in [-0.39, 0.29) is 43.7 Å². The van der Waals surface area contributed by atoms with Crippen LogP contribution in [0.5, 0.6) is 11.5 Å². The van der Waals surface area contributed by atoms with E-state index in [0.29, 0.717) is 62.1 Å². The Kier molecular flexibility index (Phi) is 14.0. The second kappa shape index (κ2) is 18.1. The number of nitrogens with one attached hydrogen (secondary N) is 1. The number of hydrogen-bond donors (Lipinski definition) is 2. The Morgan fingerprint density at radius 1 is 0.667 bits per heavy atom. The van der Waals surface area contributed by atoms with Crippen molar-refractivity contribution in [3.05, 3.63) is 97.1 Å². The standard InChI is InChI=1S/C18H20N2O4S.C17H16ClNO4S.CH5N/c1-19-10-9-18(21)20-11-12-24-17-8-7-15(13-16(17)20)25(22,23)14-5-3-2-4-6-14;18-9-8-17(20)19-10-11-23-16-7-6-14(12-15(16)19)24(21,22)13-4-2-1-3-5-13;1-2/h2-8,13,19H,9-12H2,1H3;1-7,12H,8-11H2;2H2,1H3. The zero-order valence-corrected chi connectivity index (χ0v) is 30.7. The number of fused-ring (bicyclic) bond motifs is 2. The molecule has 2 amide bonds. The Labute approximate surface area is 303 Å². The van der Waals surface area contributed by atoms with Crippen LogP contribution in [-0.2, 0) is 29.3 Å². The van der Waals surface area contributed by atoms with E-state index in [2.05, 4.69) is 11.1 Å². The van der Waals surface area contributed by atoms with Gasteiger partial charge in [-0.3, -0.25) is 9.59 Å². The molecule has 0 atom stereocenters. The molecule has 0 spiro atoms. The van der Waals surface area contributed by atoms with Gasteiger partial charge in [0.25, 0.3) is 0 Å². The van der Waals surface area contributed by atoms with Crippen molar-refractivity contribution in [1.29, 1.82) is 0 Å². The zero-order chi connectivity index (χ0) is 37.0. The van der Waals surface area contributed by atoms with E-state index >= 15 is 0 Å². The summed E-state index contributed by atoms with van der Waals surface area (Å²) in [6.07, 6.45) is 0.530. The third-order valence-corrected chi connectivity index (χ3v) is 11.5. The summed E-state index contributed by atoms with van der Waals surface area (Å²) >= 11 is 5.65. The Morgan fingerprint density at radius 3 is 1.47 bits per heavy atom. The molecule has 2 aliphatic rings. The molecular weight excluding hydrogens is 716 g/mol. The van der Waals surface area contributed by atoms with E-state index in [1.165, 1.54) is 36.2 Å². The summed E-state index contributed by atoms with van der Waals surface area (Å²) in [5, 5.41) is 2.94. The molecule has 0 fully saturated rings. The predicted molar refractivity (Wildman–Crippen MR) is 196 cm³/mol. The van der Waals surface area contributed by atoms with Gasteiger partial charge in [0, 0.05) is 25.3 Å². The molecule has 2 heterocycles. The lowest BCUT2D eigenvalue weighted by atomic mass is 10.2. The maximum absolute atomic E-state index is 12.8. The summed E-state index contributed by atoms with van der Waals surface area (Å²) in [5.74, 6) is 1.03. The minimum absolute atomic E-state index is 0.0619. The average Bonchev–Trinajstić information content (AvgIpc) is 3.17. The van der Waals surface area contributed by atoms with Crippen LogP contribution >= 0.6 is 11.6 Å². The maximum atomic E-state index is 12.8. The highest BCUT2D eigenvalue weighted by Crippen LogP contribution is 2.37. The number of hydrogen-bond acceptors (Lipinski definition) is 10. The van der Waals surface area contributed by atoms with E-state index in [1.807, 2.05) is 0 Å². The molecule has 51 heavy (non-hydrogen) atoms. The van der Waals surface area contributed by atoms with Crippen LogP contribution < -0.4 is 30.3 Å². The monoisotopic (exact) mass is 756 g/mol. The van der Waals surface area contributed by atoms with E-state index in [1.54, 1.807) is 84.7 Å². The van der Waals surface area contributed by atoms with E-state index in [0.717, 1.165) is 0 Å². The van der Waals surface area contributed by atoms with Crippen LogP contribution in [0.1, 0.15) is 12.8 Å². The number of rotatable bonds is 9. The molecule has 4 aromatic rings. The van der Waals surface area contributed by atoms with Gasteiger partial charge in [0.15, 0.2) is 0 Å². The minimum Gasteiger partial charge on any atom is -0.490 e. The minimum atomic E-state index is -3.65. The zero-order valence-electron chi connectivity index (χ0n) is 28.3. The third kappa shape index (κ3) is 9.26. The lowest BCUT2D eigenvalue weighted by Crippen LogP contribution is -2.39. The Morgan fingerprint density at radius 2 is 1.08 bits per heavy atom. The van der Waals surface area contributed by atoms with E-state index in [9.17, 15) is 26.4 Å². The Bertz CT molecular complexity index is 2020. The third-order valence-electron chi connectivity index (χ3n) is 7.81. The highest BCUT2D eigenvalue weighted by molar-refractivity contribution is 7.91. The van der Waals surface area contributed by atoms with Gasteiger partial charge in [0.05, 0.1) is 44.0 Å². The van der Waals surface area contributed by atoms with Crippen molar-refractivity contribution in [2.45, 2.75) is 32.4 Å². The number of nitrogens with two attached hydrogens (primary N) is 1. The van der Waals surface area contributed by atoms with Crippen molar-refractivity contribution in [3.8, 4) is 11.5 Å². The molecule has 0 saturated heterocycles. The molecule has 0 saturated carbocycles. The summed E-state index contributed by atoms with van der Waals surface area (Å²) in [6, 6.07) is 25.7. The molecule has 2 aliphatic heterocycles. The first-order chi connectivity index (χ1) is 24.6. The molecule has 6 rings (SSSR count). The van der Waals surface area contributed by atoms with Gasteiger partial charge in [-0.2, -0.15) is 0 Å². The van der Waals surface area contributed by atoms with Crippen LogP contribution in [0.4, 0.5) is 11.4 Å². The summed E-state index contributed by atoms with van der Waals surface area (Å²) < 4.78 is 62.3. The SMILES string of the molecule is CN.CNCCC(=O)N1CCOc2ccc(S(=O)(=O)c3ccccc3)cc21.O=C(CCCl)N1CCOc2ccc(S(=O)(=O)c3ccccc3)cc21. The molecule has 272 valence electrons. The number of nitrogens with zero attached hydrogens (tertiary/aromatic N) is 2. The van der Waals surface area contributed by atoms with Crippen LogP contribution in [0.15, 0.2) is 117 Å². The van der Waals surface area contributed by atoms with Gasteiger partial charge < -0.3 is 30.3 Å². The van der Waals surface area contributed by atoms with Gasteiger partial charge in [-0.05, 0) is 74.8 Å². The number of ether oxygens (including phenoxy) is 2. The van der Waals surface area contributed by atoms with Gasteiger partial charge in [-0.1, -0.05) is 36.4 Å². The normalized spacial score (nSPS) is 13.5. The van der Waals surface area contributed by atoms with Crippen LogP contribution in [0.2, 0.25) is 0 Å². The highest BCUT2D eigenvalue weighted by Gasteiger charge is 2.28. The van der Waals surface area contributed by atoms with Gasteiger partial charge in [0.1, 0.15) is 24.7 Å². The molecular formula is C36H41ClN4O8S2. The average molecular weight is 757 g/mol. The number of anilines is 2. The number of halogens is 1. The van der Waals surface area contributed by atoms with Crippen LogP contribution in [-0.4, -0.2) is 81.5 Å². The van der Waals surface area contributed by atoms with Crippen molar-refractivity contribution in [3.63, 3.8) is 0 Å². The fourth-order valence-electron chi connectivity index (χ4n) is 5.30. The quantitative estimate of drug-likeness (QED) is 0.235. The van der Waals surface area contributed by atoms with Crippen molar-refractivity contribution in [2.24, 2.45) is 5.73 Å². The van der Waals surface area contributed by atoms with Crippen LogP contribution in [0, 0.1) is 0 Å². The van der Waals surface area contributed by atoms with Gasteiger partial charge in [-0.25, -0.2) is 16.8 Å². The molecule has 0 bridgehead atoms.